The third-order valence-corrected chi connectivity index (χ3v) is 12.5. The van der Waals surface area contributed by atoms with Crippen LogP contribution in [-0.2, 0) is 11.2 Å². The summed E-state index contributed by atoms with van der Waals surface area (Å²) in [6.07, 6.45) is -2.04. The normalized spacial score (nSPS) is 30.8. The molecule has 2 aromatic rings. The van der Waals surface area contributed by atoms with Crippen molar-refractivity contribution in [2.75, 3.05) is 32.7 Å². The van der Waals surface area contributed by atoms with Gasteiger partial charge < -0.3 is 10.0 Å². The number of ketones is 1. The number of allylic oxidation sites excluding steroid dienone is 4. The minimum Gasteiger partial charge on any atom is -0.383 e. The van der Waals surface area contributed by atoms with Crippen LogP contribution in [0.2, 0.25) is 0 Å². The summed E-state index contributed by atoms with van der Waals surface area (Å²) >= 11 is 0. The second-order valence-corrected chi connectivity index (χ2v) is 15.0. The summed E-state index contributed by atoms with van der Waals surface area (Å²) < 4.78 is 72.2. The van der Waals surface area contributed by atoms with Gasteiger partial charge in [-0.15, -0.1) is 0 Å². The van der Waals surface area contributed by atoms with E-state index in [1.807, 2.05) is 23.1 Å². The number of rotatable bonds is 6. The highest BCUT2D eigenvalue weighted by Crippen LogP contribution is 2.70. The van der Waals surface area contributed by atoms with Gasteiger partial charge >= 0.3 is 12.1 Å². The van der Waals surface area contributed by atoms with Gasteiger partial charge in [-0.3, -0.25) is 14.5 Å². The number of halogens is 5. The van der Waals surface area contributed by atoms with E-state index in [1.54, 1.807) is 30.3 Å². The molecule has 4 aliphatic carbocycles. The molecule has 0 unspecified atom stereocenters. The Morgan fingerprint density at radius 2 is 1.61 bits per heavy atom. The predicted molar refractivity (Wildman–Crippen MR) is 175 cm³/mol. The van der Waals surface area contributed by atoms with Crippen molar-refractivity contribution < 1.29 is 36.6 Å². The molecular formula is C39H43F5N2O3. The molecule has 1 saturated heterocycles. The summed E-state index contributed by atoms with van der Waals surface area (Å²) in [5, 5.41) is 11.5. The van der Waals surface area contributed by atoms with Gasteiger partial charge in [0, 0.05) is 56.0 Å². The van der Waals surface area contributed by atoms with E-state index >= 15 is 8.78 Å². The number of hydrogen-bond acceptors (Lipinski definition) is 4. The highest BCUT2D eigenvalue weighted by Gasteiger charge is 2.79. The number of benzene rings is 2. The summed E-state index contributed by atoms with van der Waals surface area (Å²) in [7, 11) is 0. The van der Waals surface area contributed by atoms with Crippen LogP contribution in [0.15, 0.2) is 77.4 Å². The number of nitrogens with zero attached hydrogens (tertiary/aromatic N) is 2. The fourth-order valence-electron chi connectivity index (χ4n) is 9.86. The number of alkyl halides is 5. The van der Waals surface area contributed by atoms with Gasteiger partial charge in [0.25, 0.3) is 5.91 Å². The Balaban J connectivity index is 1.15. The van der Waals surface area contributed by atoms with Gasteiger partial charge in [-0.1, -0.05) is 55.0 Å². The van der Waals surface area contributed by atoms with Crippen LogP contribution >= 0.6 is 0 Å². The Labute approximate surface area is 283 Å². The van der Waals surface area contributed by atoms with Crippen LogP contribution in [0, 0.1) is 17.3 Å². The van der Waals surface area contributed by atoms with E-state index in [0.717, 1.165) is 48.3 Å². The maximum atomic E-state index is 15.3. The van der Waals surface area contributed by atoms with Crippen LogP contribution in [0.25, 0.3) is 0 Å². The molecular weight excluding hydrogens is 639 g/mol. The van der Waals surface area contributed by atoms with Gasteiger partial charge in [0.1, 0.15) is 5.60 Å². The van der Waals surface area contributed by atoms with Crippen LogP contribution in [-0.4, -0.2) is 77.0 Å². The average Bonchev–Trinajstić information content (AvgIpc) is 3.37. The molecule has 0 aromatic heterocycles. The van der Waals surface area contributed by atoms with E-state index in [4.69, 9.17) is 0 Å². The Bertz CT molecular complexity index is 1660. The lowest BCUT2D eigenvalue weighted by Crippen LogP contribution is -2.65. The van der Waals surface area contributed by atoms with Gasteiger partial charge in [-0.05, 0) is 97.3 Å². The summed E-state index contributed by atoms with van der Waals surface area (Å²) in [6.45, 7) is 5.05. The summed E-state index contributed by atoms with van der Waals surface area (Å²) in [5.74, 6) is -6.73. The number of carbonyl (C=O) groups excluding carboxylic acids is 2. The van der Waals surface area contributed by atoms with Gasteiger partial charge in [0.05, 0.1) is 0 Å². The monoisotopic (exact) mass is 682 g/mol. The molecule has 1 N–H and O–H groups in total. The smallest absolute Gasteiger partial charge is 0.383 e. The maximum Gasteiger partial charge on any atom is 0.456 e. The highest BCUT2D eigenvalue weighted by atomic mass is 19.4. The maximum absolute atomic E-state index is 15.3. The van der Waals surface area contributed by atoms with Crippen molar-refractivity contribution in [2.45, 2.75) is 81.9 Å². The lowest BCUT2D eigenvalue weighted by Gasteiger charge is -2.56. The van der Waals surface area contributed by atoms with Gasteiger partial charge in [0.15, 0.2) is 5.78 Å². The number of aliphatic hydroxyl groups is 1. The van der Waals surface area contributed by atoms with Crippen molar-refractivity contribution in [1.29, 1.82) is 0 Å². The Morgan fingerprint density at radius 1 is 0.918 bits per heavy atom. The molecule has 0 spiro atoms. The van der Waals surface area contributed by atoms with Crippen molar-refractivity contribution in [3.63, 3.8) is 0 Å². The molecule has 5 atom stereocenters. The molecule has 49 heavy (non-hydrogen) atoms. The molecule has 2 aromatic carbocycles. The second kappa shape index (κ2) is 12.4. The van der Waals surface area contributed by atoms with Crippen molar-refractivity contribution in [3.8, 4) is 0 Å². The number of hydrogen-bond donors (Lipinski definition) is 1. The van der Waals surface area contributed by atoms with Gasteiger partial charge in [0.2, 0.25) is 0 Å². The standard InChI is InChI=1S/C39H43F5N2O3/c1-36-24-32(26-7-9-27(10-8-26)35(48)46-21-19-45(20-22-46)18-16-25-5-3-2-4-6-25)34-30-14-12-29(47)23-28(30)11-13-31(34)33(36)15-17-37(36,49)38(40,41)39(42,43)44/h2-10,23,31-33,49H,11-22,24H2,1H3/t31-,32+,33-,36-,37-/m0/s1. The van der Waals surface area contributed by atoms with Gasteiger partial charge in [-0.25, -0.2) is 0 Å². The summed E-state index contributed by atoms with van der Waals surface area (Å²) in [6, 6.07) is 17.3. The minimum absolute atomic E-state index is 0.0370. The number of piperazine rings is 1. The van der Waals surface area contributed by atoms with Gasteiger partial charge in [-0.2, -0.15) is 22.0 Å². The van der Waals surface area contributed by atoms with E-state index in [2.05, 4.69) is 17.0 Å². The highest BCUT2D eigenvalue weighted by molar-refractivity contribution is 5.94. The molecule has 1 heterocycles. The molecule has 5 aliphatic rings. The fourth-order valence-corrected chi connectivity index (χ4v) is 9.86. The van der Waals surface area contributed by atoms with Crippen molar-refractivity contribution in [2.24, 2.45) is 17.3 Å². The first-order valence-electron chi connectivity index (χ1n) is 17.5. The van der Waals surface area contributed by atoms with E-state index in [9.17, 15) is 27.9 Å². The van der Waals surface area contributed by atoms with Crippen LogP contribution in [0.5, 0.6) is 0 Å². The van der Waals surface area contributed by atoms with E-state index in [0.29, 0.717) is 44.3 Å². The topological polar surface area (TPSA) is 60.9 Å². The quantitative estimate of drug-likeness (QED) is 0.321. The zero-order valence-corrected chi connectivity index (χ0v) is 27.7. The Kier molecular flexibility index (Phi) is 8.66. The largest absolute Gasteiger partial charge is 0.456 e. The molecule has 7 rings (SSSR count). The van der Waals surface area contributed by atoms with E-state index in [1.165, 1.54) is 12.5 Å². The lowest BCUT2D eigenvalue weighted by molar-refractivity contribution is -0.362. The molecule has 5 nitrogen and oxygen atoms in total. The first-order valence-corrected chi connectivity index (χ1v) is 17.5. The fraction of sp³-hybridized carbons (Fsp3) is 0.538. The van der Waals surface area contributed by atoms with Crippen LogP contribution in [0.4, 0.5) is 22.0 Å². The second-order valence-electron chi connectivity index (χ2n) is 15.0. The molecule has 2 saturated carbocycles. The predicted octanol–water partition coefficient (Wildman–Crippen LogP) is 7.52. The van der Waals surface area contributed by atoms with Crippen LogP contribution in [0.1, 0.15) is 79.3 Å². The van der Waals surface area contributed by atoms with Crippen molar-refractivity contribution >= 4 is 11.7 Å². The third-order valence-electron chi connectivity index (χ3n) is 12.5. The number of fused-ring (bicyclic) bond motifs is 4. The molecule has 1 aliphatic heterocycles. The molecule has 0 radical (unpaired) electrons. The summed E-state index contributed by atoms with van der Waals surface area (Å²) in [5.41, 5.74) is 0.474. The van der Waals surface area contributed by atoms with E-state index < -0.39 is 41.4 Å². The van der Waals surface area contributed by atoms with Crippen molar-refractivity contribution in [3.05, 3.63) is 94.1 Å². The number of carbonyl (C=O) groups is 2. The Morgan fingerprint density at radius 3 is 2.29 bits per heavy atom. The zero-order chi connectivity index (χ0) is 34.8. The first-order chi connectivity index (χ1) is 23.2. The first kappa shape index (κ1) is 34.1. The zero-order valence-electron chi connectivity index (χ0n) is 27.7. The third kappa shape index (κ3) is 5.67. The van der Waals surface area contributed by atoms with E-state index in [-0.39, 0.29) is 30.4 Å². The summed E-state index contributed by atoms with van der Waals surface area (Å²) in [4.78, 5) is 30.1. The SMILES string of the molecule is C[C@]12C[C@H](c3ccc(C(=O)N4CCN(CCc5ccccc5)CC4)cc3)C3=C4CCC(=O)C=C4CC[C@H]3[C@@H]1CC[C@@]2(O)C(F)(F)C(F)(F)F. The molecule has 262 valence electrons. The average molecular weight is 683 g/mol. The number of amides is 1. The molecule has 10 heteroatoms. The lowest BCUT2D eigenvalue weighted by atomic mass is 9.50. The Hall–Kier alpha value is -3.37. The van der Waals surface area contributed by atoms with Crippen molar-refractivity contribution in [1.82, 2.24) is 9.80 Å². The van der Waals surface area contributed by atoms with Crippen LogP contribution < -0.4 is 0 Å². The molecule has 1 amide bonds. The van der Waals surface area contributed by atoms with Crippen LogP contribution in [0.3, 0.4) is 0 Å². The molecule has 0 bridgehead atoms. The molecule has 3 fully saturated rings. The minimum atomic E-state index is -5.89.